The summed E-state index contributed by atoms with van der Waals surface area (Å²) in [5.41, 5.74) is 2.04. The normalized spacial score (nSPS) is 12.4. The van der Waals surface area contributed by atoms with Gasteiger partial charge in [-0.15, -0.1) is 0 Å². The third-order valence-electron chi connectivity index (χ3n) is 2.52. The van der Waals surface area contributed by atoms with Crippen molar-refractivity contribution in [2.75, 3.05) is 5.32 Å². The minimum absolute atomic E-state index is 0.0142. The molecule has 1 rings (SSSR count). The van der Waals surface area contributed by atoms with Gasteiger partial charge in [-0.05, 0) is 30.9 Å². The van der Waals surface area contributed by atoms with Gasteiger partial charge in [0, 0.05) is 5.69 Å². The van der Waals surface area contributed by atoms with E-state index < -0.39 is 4.32 Å². The third kappa shape index (κ3) is 3.84. The molecule has 0 saturated carbocycles. The molecule has 1 aromatic carbocycles. The van der Waals surface area contributed by atoms with Gasteiger partial charge < -0.3 is 5.32 Å². The fraction of sp³-hybridized carbons (Fsp3) is 0.500. The molecule has 0 unspecified atom stereocenters. The Morgan fingerprint density at radius 2 is 1.65 bits per heavy atom. The second kappa shape index (κ2) is 4.81. The molecule has 1 amide bonds. The Morgan fingerprint density at radius 3 is 2.12 bits per heavy atom. The number of para-hydroxylation sites is 1. The second-order valence-electron chi connectivity index (χ2n) is 5.72. The maximum atomic E-state index is 12.0. The molecule has 0 heterocycles. The van der Waals surface area contributed by atoms with E-state index in [9.17, 15) is 4.79 Å². The minimum atomic E-state index is -0.558. The molecule has 0 spiro atoms. The predicted molar refractivity (Wildman–Crippen MR) is 76.8 cm³/mol. The Balaban J connectivity index is 3.04. The van der Waals surface area contributed by atoms with Crippen LogP contribution in [0.3, 0.4) is 0 Å². The second-order valence-corrected chi connectivity index (χ2v) is 7.70. The van der Waals surface area contributed by atoms with Gasteiger partial charge in [-0.1, -0.05) is 54.9 Å². The SMILES string of the molecule is CC(C)(Br)C(=O)Nc1ccccc1C(C)(C)C. The molecule has 1 aromatic rings. The molecule has 3 heteroatoms. The molecule has 0 atom stereocenters. The Bertz CT molecular complexity index is 413. The van der Waals surface area contributed by atoms with Gasteiger partial charge in [0.05, 0.1) is 4.32 Å². The summed E-state index contributed by atoms with van der Waals surface area (Å²) in [6.07, 6.45) is 0. The van der Waals surface area contributed by atoms with E-state index in [4.69, 9.17) is 0 Å². The highest BCUT2D eigenvalue weighted by molar-refractivity contribution is 9.10. The van der Waals surface area contributed by atoms with E-state index in [1.807, 2.05) is 32.0 Å². The van der Waals surface area contributed by atoms with Crippen molar-refractivity contribution < 1.29 is 4.79 Å². The molecule has 0 aliphatic carbocycles. The molecular formula is C14H20BrNO. The molecule has 94 valence electrons. The summed E-state index contributed by atoms with van der Waals surface area (Å²) in [7, 11) is 0. The summed E-state index contributed by atoms with van der Waals surface area (Å²) in [4.78, 5) is 12.0. The molecule has 0 fully saturated rings. The van der Waals surface area contributed by atoms with E-state index in [2.05, 4.69) is 48.1 Å². The topological polar surface area (TPSA) is 29.1 Å². The van der Waals surface area contributed by atoms with E-state index >= 15 is 0 Å². The molecule has 0 aromatic heterocycles. The van der Waals surface area contributed by atoms with E-state index in [0.29, 0.717) is 0 Å². The Kier molecular flexibility index (Phi) is 4.03. The fourth-order valence-electron chi connectivity index (χ4n) is 1.52. The van der Waals surface area contributed by atoms with Crippen molar-refractivity contribution in [2.45, 2.75) is 44.4 Å². The van der Waals surface area contributed by atoms with Crippen LogP contribution in [0.2, 0.25) is 0 Å². The Morgan fingerprint density at radius 1 is 1.12 bits per heavy atom. The average Bonchev–Trinajstić information content (AvgIpc) is 2.15. The number of carbonyl (C=O) groups is 1. The smallest absolute Gasteiger partial charge is 0.240 e. The van der Waals surface area contributed by atoms with Crippen LogP contribution in [0, 0.1) is 0 Å². The van der Waals surface area contributed by atoms with Crippen LogP contribution in [-0.4, -0.2) is 10.2 Å². The van der Waals surface area contributed by atoms with Gasteiger partial charge >= 0.3 is 0 Å². The van der Waals surface area contributed by atoms with Crippen LogP contribution < -0.4 is 5.32 Å². The Hall–Kier alpha value is -0.830. The molecule has 0 aliphatic heterocycles. The van der Waals surface area contributed by atoms with Gasteiger partial charge in [-0.25, -0.2) is 0 Å². The quantitative estimate of drug-likeness (QED) is 0.818. The van der Waals surface area contributed by atoms with Gasteiger partial charge in [0.1, 0.15) is 0 Å². The number of benzene rings is 1. The zero-order valence-electron chi connectivity index (χ0n) is 11.1. The van der Waals surface area contributed by atoms with E-state index in [0.717, 1.165) is 11.3 Å². The first kappa shape index (κ1) is 14.2. The van der Waals surface area contributed by atoms with Crippen LogP contribution >= 0.6 is 15.9 Å². The van der Waals surface area contributed by atoms with Crippen molar-refractivity contribution in [3.63, 3.8) is 0 Å². The number of rotatable bonds is 2. The summed E-state index contributed by atoms with van der Waals surface area (Å²) in [6, 6.07) is 7.93. The van der Waals surface area contributed by atoms with Crippen LogP contribution in [0.5, 0.6) is 0 Å². The van der Waals surface area contributed by atoms with Crippen molar-refractivity contribution >= 4 is 27.5 Å². The minimum Gasteiger partial charge on any atom is -0.325 e. The van der Waals surface area contributed by atoms with E-state index in [1.54, 1.807) is 0 Å². The largest absolute Gasteiger partial charge is 0.325 e. The maximum absolute atomic E-state index is 12.0. The first-order valence-corrected chi connectivity index (χ1v) is 6.51. The van der Waals surface area contributed by atoms with Gasteiger partial charge in [0.2, 0.25) is 5.91 Å². The predicted octanol–water partition coefficient (Wildman–Crippen LogP) is 4.10. The lowest BCUT2D eigenvalue weighted by atomic mass is 9.86. The Labute approximate surface area is 112 Å². The number of hydrogen-bond donors (Lipinski definition) is 1. The number of anilines is 1. The monoisotopic (exact) mass is 297 g/mol. The molecule has 0 bridgehead atoms. The lowest BCUT2D eigenvalue weighted by molar-refractivity contribution is -0.117. The van der Waals surface area contributed by atoms with E-state index in [-0.39, 0.29) is 11.3 Å². The maximum Gasteiger partial charge on any atom is 0.240 e. The zero-order valence-corrected chi connectivity index (χ0v) is 12.7. The summed E-state index contributed by atoms with van der Waals surface area (Å²) < 4.78 is -0.558. The number of alkyl halides is 1. The van der Waals surface area contributed by atoms with Gasteiger partial charge in [-0.3, -0.25) is 4.79 Å². The third-order valence-corrected chi connectivity index (χ3v) is 2.88. The van der Waals surface area contributed by atoms with Crippen molar-refractivity contribution in [3.8, 4) is 0 Å². The van der Waals surface area contributed by atoms with Crippen LogP contribution in [0.1, 0.15) is 40.2 Å². The number of halogens is 1. The summed E-state index contributed by atoms with van der Waals surface area (Å²) in [5.74, 6) is -0.0331. The summed E-state index contributed by atoms with van der Waals surface area (Å²) >= 11 is 3.36. The molecule has 1 N–H and O–H groups in total. The average molecular weight is 298 g/mol. The lowest BCUT2D eigenvalue weighted by Crippen LogP contribution is -2.32. The number of carbonyl (C=O) groups excluding carboxylic acids is 1. The van der Waals surface area contributed by atoms with Gasteiger partial charge in [0.15, 0.2) is 0 Å². The number of hydrogen-bond acceptors (Lipinski definition) is 1. The molecule has 0 saturated heterocycles. The van der Waals surface area contributed by atoms with Gasteiger partial charge in [-0.2, -0.15) is 0 Å². The summed E-state index contributed by atoms with van der Waals surface area (Å²) in [6.45, 7) is 10.1. The summed E-state index contributed by atoms with van der Waals surface area (Å²) in [5, 5.41) is 2.97. The van der Waals surface area contributed by atoms with Crippen molar-refractivity contribution in [2.24, 2.45) is 0 Å². The molecule has 0 aliphatic rings. The molecular weight excluding hydrogens is 278 g/mol. The molecule has 2 nitrogen and oxygen atoms in total. The lowest BCUT2D eigenvalue weighted by Gasteiger charge is -2.24. The number of nitrogens with one attached hydrogen (secondary N) is 1. The first-order chi connectivity index (χ1) is 7.62. The van der Waals surface area contributed by atoms with Crippen molar-refractivity contribution in [3.05, 3.63) is 29.8 Å². The standard InChI is InChI=1S/C14H20BrNO/c1-13(2,3)10-8-6-7-9-11(10)16-12(17)14(4,5)15/h6-9H,1-5H3,(H,16,17). The first-order valence-electron chi connectivity index (χ1n) is 5.72. The zero-order chi connectivity index (χ0) is 13.3. The van der Waals surface area contributed by atoms with Crippen LogP contribution in [0.25, 0.3) is 0 Å². The molecule has 17 heavy (non-hydrogen) atoms. The highest BCUT2D eigenvalue weighted by Gasteiger charge is 2.25. The fourth-order valence-corrected chi connectivity index (χ4v) is 1.62. The van der Waals surface area contributed by atoms with Crippen LogP contribution in [0.4, 0.5) is 5.69 Å². The van der Waals surface area contributed by atoms with Crippen molar-refractivity contribution in [1.29, 1.82) is 0 Å². The number of amides is 1. The van der Waals surface area contributed by atoms with Crippen molar-refractivity contribution in [1.82, 2.24) is 0 Å². The van der Waals surface area contributed by atoms with Crippen LogP contribution in [-0.2, 0) is 10.2 Å². The highest BCUT2D eigenvalue weighted by atomic mass is 79.9. The van der Waals surface area contributed by atoms with Gasteiger partial charge in [0.25, 0.3) is 0 Å². The van der Waals surface area contributed by atoms with E-state index in [1.165, 1.54) is 0 Å². The molecule has 0 radical (unpaired) electrons. The highest BCUT2D eigenvalue weighted by Crippen LogP contribution is 2.30. The van der Waals surface area contributed by atoms with Crippen LogP contribution in [0.15, 0.2) is 24.3 Å².